The number of para-hydroxylation sites is 2. The summed E-state index contributed by atoms with van der Waals surface area (Å²) in [6, 6.07) is 14.7. The molecule has 0 bridgehead atoms. The van der Waals surface area contributed by atoms with Crippen molar-refractivity contribution in [3.63, 3.8) is 0 Å². The molecule has 0 saturated carbocycles. The lowest BCUT2D eigenvalue weighted by molar-refractivity contribution is 0.170. The van der Waals surface area contributed by atoms with Crippen molar-refractivity contribution in [3.05, 3.63) is 59.7 Å². The number of hydrogen-bond donors (Lipinski definition) is 2. The fourth-order valence-electron chi connectivity index (χ4n) is 1.92. The van der Waals surface area contributed by atoms with E-state index < -0.39 is 6.10 Å². The monoisotopic (exact) mass is 258 g/mol. The van der Waals surface area contributed by atoms with Crippen molar-refractivity contribution in [2.45, 2.75) is 26.1 Å². The molecule has 2 aromatic carbocycles. The number of benzene rings is 2. The van der Waals surface area contributed by atoms with Crippen molar-refractivity contribution in [1.29, 1.82) is 0 Å². The second kappa shape index (κ2) is 6.36. The zero-order valence-corrected chi connectivity index (χ0v) is 10.9. The van der Waals surface area contributed by atoms with Gasteiger partial charge in [0.15, 0.2) is 0 Å². The van der Waals surface area contributed by atoms with Crippen LogP contribution in [-0.4, -0.2) is 10.2 Å². The predicted octanol–water partition coefficient (Wildman–Crippen LogP) is 3.41. The van der Waals surface area contributed by atoms with E-state index in [-0.39, 0.29) is 6.61 Å². The van der Waals surface area contributed by atoms with Gasteiger partial charge in [0.05, 0.1) is 12.7 Å². The molecule has 19 heavy (non-hydrogen) atoms. The molecule has 100 valence electrons. The average Bonchev–Trinajstić information content (AvgIpc) is 2.47. The average molecular weight is 258 g/mol. The molecule has 0 fully saturated rings. The first-order valence-corrected chi connectivity index (χ1v) is 6.39. The number of aliphatic hydroxyl groups is 2. The molecule has 1 unspecified atom stereocenters. The van der Waals surface area contributed by atoms with Crippen LogP contribution in [0.4, 0.5) is 0 Å². The first-order chi connectivity index (χ1) is 9.26. The summed E-state index contributed by atoms with van der Waals surface area (Å²) in [7, 11) is 0. The summed E-state index contributed by atoms with van der Waals surface area (Å²) >= 11 is 0. The van der Waals surface area contributed by atoms with Crippen LogP contribution in [0.15, 0.2) is 48.5 Å². The lowest BCUT2D eigenvalue weighted by Gasteiger charge is -2.16. The van der Waals surface area contributed by atoms with E-state index in [1.165, 1.54) is 0 Å². The molecule has 0 aliphatic heterocycles. The van der Waals surface area contributed by atoms with Crippen LogP contribution in [0.3, 0.4) is 0 Å². The van der Waals surface area contributed by atoms with Crippen LogP contribution in [0.1, 0.15) is 30.6 Å². The van der Waals surface area contributed by atoms with Crippen LogP contribution in [0.2, 0.25) is 0 Å². The Labute approximate surface area is 113 Å². The molecule has 3 nitrogen and oxygen atoms in total. The SMILES string of the molecule is CCC(O)c1ccccc1Oc1ccccc1CO. The van der Waals surface area contributed by atoms with E-state index in [0.29, 0.717) is 17.9 Å². The Morgan fingerprint density at radius 2 is 1.63 bits per heavy atom. The van der Waals surface area contributed by atoms with E-state index in [1.807, 2.05) is 49.4 Å². The molecule has 1 atom stereocenters. The highest BCUT2D eigenvalue weighted by Gasteiger charge is 2.12. The van der Waals surface area contributed by atoms with Gasteiger partial charge in [0.25, 0.3) is 0 Å². The maximum atomic E-state index is 9.99. The molecule has 0 radical (unpaired) electrons. The van der Waals surface area contributed by atoms with Gasteiger partial charge in [-0.25, -0.2) is 0 Å². The first kappa shape index (κ1) is 13.6. The summed E-state index contributed by atoms with van der Waals surface area (Å²) in [5.74, 6) is 1.23. The number of aliphatic hydroxyl groups excluding tert-OH is 2. The smallest absolute Gasteiger partial charge is 0.133 e. The number of hydrogen-bond acceptors (Lipinski definition) is 3. The second-order valence-electron chi connectivity index (χ2n) is 4.33. The van der Waals surface area contributed by atoms with E-state index in [0.717, 1.165) is 11.1 Å². The third-order valence-electron chi connectivity index (χ3n) is 3.03. The van der Waals surface area contributed by atoms with Crippen molar-refractivity contribution in [1.82, 2.24) is 0 Å². The molecule has 0 spiro atoms. The van der Waals surface area contributed by atoms with E-state index in [9.17, 15) is 10.2 Å². The Balaban J connectivity index is 2.33. The lowest BCUT2D eigenvalue weighted by Crippen LogP contribution is -1.99. The van der Waals surface area contributed by atoms with Gasteiger partial charge in [-0.1, -0.05) is 43.3 Å². The number of rotatable bonds is 5. The minimum atomic E-state index is -0.544. The molecule has 0 amide bonds. The van der Waals surface area contributed by atoms with Gasteiger partial charge in [-0.2, -0.15) is 0 Å². The van der Waals surface area contributed by atoms with Gasteiger partial charge >= 0.3 is 0 Å². The number of ether oxygens (including phenoxy) is 1. The van der Waals surface area contributed by atoms with Crippen molar-refractivity contribution in [3.8, 4) is 11.5 Å². The van der Waals surface area contributed by atoms with Crippen LogP contribution in [0, 0.1) is 0 Å². The summed E-state index contributed by atoms with van der Waals surface area (Å²) in [5.41, 5.74) is 1.49. The van der Waals surface area contributed by atoms with Gasteiger partial charge in [0.1, 0.15) is 11.5 Å². The molecule has 0 saturated heterocycles. The maximum Gasteiger partial charge on any atom is 0.133 e. The van der Waals surface area contributed by atoms with Crippen LogP contribution < -0.4 is 4.74 Å². The summed E-state index contributed by atoms with van der Waals surface area (Å²) in [4.78, 5) is 0. The molecule has 0 heterocycles. The van der Waals surface area contributed by atoms with Crippen molar-refractivity contribution in [2.75, 3.05) is 0 Å². The highest BCUT2D eigenvalue weighted by Crippen LogP contribution is 2.32. The molecular formula is C16H18O3. The van der Waals surface area contributed by atoms with Crippen molar-refractivity contribution < 1.29 is 14.9 Å². The van der Waals surface area contributed by atoms with Gasteiger partial charge in [-0.3, -0.25) is 0 Å². The van der Waals surface area contributed by atoms with E-state index >= 15 is 0 Å². The molecule has 2 rings (SSSR count). The zero-order valence-electron chi connectivity index (χ0n) is 10.9. The molecule has 2 aromatic rings. The van der Waals surface area contributed by atoms with E-state index in [4.69, 9.17) is 4.74 Å². The molecular weight excluding hydrogens is 240 g/mol. The molecule has 0 aromatic heterocycles. The minimum Gasteiger partial charge on any atom is -0.457 e. The Morgan fingerprint density at radius 3 is 2.32 bits per heavy atom. The minimum absolute atomic E-state index is 0.0747. The Morgan fingerprint density at radius 1 is 1.00 bits per heavy atom. The fourth-order valence-corrected chi connectivity index (χ4v) is 1.92. The van der Waals surface area contributed by atoms with Gasteiger partial charge in [-0.15, -0.1) is 0 Å². The standard InChI is InChI=1S/C16H18O3/c1-2-14(18)13-8-4-6-10-16(13)19-15-9-5-3-7-12(15)11-17/h3-10,14,17-18H,2,11H2,1H3. The lowest BCUT2D eigenvalue weighted by atomic mass is 10.1. The Bertz CT molecular complexity index is 537. The molecule has 0 aliphatic rings. The Hall–Kier alpha value is -1.84. The van der Waals surface area contributed by atoms with Crippen LogP contribution in [-0.2, 0) is 6.61 Å². The fraction of sp³-hybridized carbons (Fsp3) is 0.250. The summed E-state index contributed by atoms with van der Waals surface area (Å²) in [5, 5.41) is 19.3. The van der Waals surface area contributed by atoms with Gasteiger partial charge in [0.2, 0.25) is 0 Å². The van der Waals surface area contributed by atoms with Crippen molar-refractivity contribution in [2.24, 2.45) is 0 Å². The van der Waals surface area contributed by atoms with Gasteiger partial charge < -0.3 is 14.9 Å². The highest BCUT2D eigenvalue weighted by molar-refractivity contribution is 5.41. The van der Waals surface area contributed by atoms with Crippen molar-refractivity contribution >= 4 is 0 Å². The highest BCUT2D eigenvalue weighted by atomic mass is 16.5. The van der Waals surface area contributed by atoms with Gasteiger partial charge in [0, 0.05) is 11.1 Å². The molecule has 0 aliphatic carbocycles. The predicted molar refractivity (Wildman–Crippen MR) is 74.1 cm³/mol. The van der Waals surface area contributed by atoms with E-state index in [2.05, 4.69) is 0 Å². The van der Waals surface area contributed by atoms with Crippen LogP contribution >= 0.6 is 0 Å². The quantitative estimate of drug-likeness (QED) is 0.864. The topological polar surface area (TPSA) is 49.7 Å². The normalized spacial score (nSPS) is 12.2. The Kier molecular flexibility index (Phi) is 4.55. The molecule has 3 heteroatoms. The summed E-state index contributed by atoms with van der Waals surface area (Å²) < 4.78 is 5.83. The zero-order chi connectivity index (χ0) is 13.7. The molecule has 2 N–H and O–H groups in total. The second-order valence-corrected chi connectivity index (χ2v) is 4.33. The third-order valence-corrected chi connectivity index (χ3v) is 3.03. The first-order valence-electron chi connectivity index (χ1n) is 6.39. The summed E-state index contributed by atoms with van der Waals surface area (Å²) in [6.07, 6.45) is 0.0830. The van der Waals surface area contributed by atoms with E-state index in [1.54, 1.807) is 6.07 Å². The third kappa shape index (κ3) is 3.13. The van der Waals surface area contributed by atoms with Crippen LogP contribution in [0.25, 0.3) is 0 Å². The maximum absolute atomic E-state index is 9.99. The van der Waals surface area contributed by atoms with Crippen LogP contribution in [0.5, 0.6) is 11.5 Å². The van der Waals surface area contributed by atoms with Gasteiger partial charge in [-0.05, 0) is 18.6 Å². The summed E-state index contributed by atoms with van der Waals surface area (Å²) in [6.45, 7) is 1.85. The largest absolute Gasteiger partial charge is 0.457 e.